The van der Waals surface area contributed by atoms with E-state index in [1.807, 2.05) is 45.2 Å². The summed E-state index contributed by atoms with van der Waals surface area (Å²) in [5.74, 6) is 0.594. The molecule has 1 aromatic carbocycles. The second kappa shape index (κ2) is 12.2. The Hall–Kier alpha value is -4.44. The van der Waals surface area contributed by atoms with E-state index >= 15 is 0 Å². The molecule has 10 heteroatoms. The number of nitrogens with zero attached hydrogens (tertiary/aromatic N) is 4. The third-order valence-electron chi connectivity index (χ3n) is 7.28. The Morgan fingerprint density at radius 1 is 1.12 bits per heavy atom. The van der Waals surface area contributed by atoms with Crippen molar-refractivity contribution in [3.05, 3.63) is 102 Å². The van der Waals surface area contributed by atoms with Crippen LogP contribution in [-0.4, -0.2) is 40.9 Å². The lowest BCUT2D eigenvalue weighted by Crippen LogP contribution is -2.40. The van der Waals surface area contributed by atoms with E-state index in [0.29, 0.717) is 44.1 Å². The van der Waals surface area contributed by atoms with Crippen molar-refractivity contribution in [2.75, 3.05) is 20.8 Å². The van der Waals surface area contributed by atoms with Crippen molar-refractivity contribution in [3.63, 3.8) is 0 Å². The predicted molar refractivity (Wildman–Crippen MR) is 162 cm³/mol. The van der Waals surface area contributed by atoms with Gasteiger partial charge in [0.15, 0.2) is 4.80 Å². The number of carbonyl (C=O) groups is 1. The molecule has 0 amide bonds. The maximum absolute atomic E-state index is 14.2. The van der Waals surface area contributed by atoms with Crippen LogP contribution >= 0.6 is 11.3 Å². The number of carbonyl (C=O) groups excluding carboxylic acids is 1. The normalized spacial score (nSPS) is 14.9. The first-order valence-electron chi connectivity index (χ1n) is 13.9. The van der Waals surface area contributed by atoms with Crippen molar-refractivity contribution in [3.8, 4) is 17.2 Å². The highest BCUT2D eigenvalue weighted by Gasteiger charge is 2.36. The van der Waals surface area contributed by atoms with Crippen LogP contribution in [0.5, 0.6) is 11.5 Å². The Labute approximate surface area is 248 Å². The molecule has 0 spiro atoms. The molecule has 1 atom stereocenters. The lowest BCUT2D eigenvalue weighted by molar-refractivity contribution is -0.139. The Morgan fingerprint density at radius 2 is 1.93 bits per heavy atom. The monoisotopic (exact) mass is 586 g/mol. The molecule has 0 unspecified atom stereocenters. The fourth-order valence-electron chi connectivity index (χ4n) is 5.43. The quantitative estimate of drug-likeness (QED) is 0.270. The first-order chi connectivity index (χ1) is 20.3. The minimum Gasteiger partial charge on any atom is -0.497 e. The second-order valence-corrected chi connectivity index (χ2v) is 10.9. The maximum atomic E-state index is 14.2. The molecule has 1 aliphatic heterocycles. The Balaban J connectivity index is 1.78. The number of esters is 1. The standard InChI is InChI=1S/C32H34N4O5S/c1-7-10-25-28(31(38)41-8-2)29(24-17-23(39-5)12-13-26(24)40-6)36-30(37)27(42-32(36)34-25)16-21-15-19(3)35(20(21)4)22-11-9-14-33-18-22/h9,11-18,29H,7-8,10H2,1-6H3/b27-16+/t29-/m1/s1. The van der Waals surface area contributed by atoms with E-state index < -0.39 is 12.0 Å². The average Bonchev–Trinajstić information content (AvgIpc) is 3.46. The van der Waals surface area contributed by atoms with Crippen molar-refractivity contribution >= 4 is 23.4 Å². The number of benzene rings is 1. The third kappa shape index (κ3) is 5.18. The number of rotatable bonds is 9. The van der Waals surface area contributed by atoms with E-state index in [1.54, 1.807) is 50.1 Å². The van der Waals surface area contributed by atoms with Crippen LogP contribution in [0.2, 0.25) is 0 Å². The Bertz CT molecular complexity index is 1850. The van der Waals surface area contributed by atoms with Crippen molar-refractivity contribution in [1.82, 2.24) is 14.1 Å². The van der Waals surface area contributed by atoms with Crippen LogP contribution in [0.4, 0.5) is 0 Å². The van der Waals surface area contributed by atoms with Gasteiger partial charge in [-0.25, -0.2) is 9.79 Å². The number of thiazole rings is 1. The molecule has 4 heterocycles. The van der Waals surface area contributed by atoms with Gasteiger partial charge in [-0.15, -0.1) is 0 Å². The molecule has 42 heavy (non-hydrogen) atoms. The van der Waals surface area contributed by atoms with E-state index in [2.05, 4.69) is 15.6 Å². The number of methoxy groups -OCH3 is 2. The highest BCUT2D eigenvalue weighted by atomic mass is 32.1. The molecule has 0 fully saturated rings. The van der Waals surface area contributed by atoms with Gasteiger partial charge in [0.05, 0.1) is 48.5 Å². The summed E-state index contributed by atoms with van der Waals surface area (Å²) in [5, 5.41) is 0. The van der Waals surface area contributed by atoms with Crippen LogP contribution in [0.25, 0.3) is 11.8 Å². The van der Waals surface area contributed by atoms with Crippen LogP contribution in [0.1, 0.15) is 55.2 Å². The van der Waals surface area contributed by atoms with Gasteiger partial charge in [-0.1, -0.05) is 24.7 Å². The summed E-state index contributed by atoms with van der Waals surface area (Å²) >= 11 is 1.30. The van der Waals surface area contributed by atoms with Gasteiger partial charge < -0.3 is 18.8 Å². The van der Waals surface area contributed by atoms with Gasteiger partial charge in [0.2, 0.25) is 0 Å². The predicted octanol–water partition coefficient (Wildman–Crippen LogP) is 4.40. The number of pyridine rings is 1. The summed E-state index contributed by atoms with van der Waals surface area (Å²) in [5.41, 5.74) is 5.16. The summed E-state index contributed by atoms with van der Waals surface area (Å²) in [7, 11) is 3.14. The minimum absolute atomic E-state index is 0.195. The first kappa shape index (κ1) is 29.1. The molecule has 0 saturated carbocycles. The lowest BCUT2D eigenvalue weighted by atomic mass is 9.93. The smallest absolute Gasteiger partial charge is 0.338 e. The Kier molecular flexibility index (Phi) is 8.44. The van der Waals surface area contributed by atoms with E-state index in [4.69, 9.17) is 19.2 Å². The zero-order chi connectivity index (χ0) is 30.0. The molecule has 0 N–H and O–H groups in total. The van der Waals surface area contributed by atoms with Crippen LogP contribution in [0.3, 0.4) is 0 Å². The number of allylic oxidation sites excluding steroid dienone is 1. The largest absolute Gasteiger partial charge is 0.497 e. The van der Waals surface area contributed by atoms with Crippen molar-refractivity contribution in [1.29, 1.82) is 0 Å². The van der Waals surface area contributed by atoms with E-state index in [-0.39, 0.29) is 12.2 Å². The summed E-state index contributed by atoms with van der Waals surface area (Å²) < 4.78 is 21.0. The second-order valence-electron chi connectivity index (χ2n) is 9.89. The highest BCUT2D eigenvalue weighted by Crippen LogP contribution is 2.38. The summed E-state index contributed by atoms with van der Waals surface area (Å²) in [6.45, 7) is 8.03. The molecular formula is C32H34N4O5S. The Morgan fingerprint density at radius 3 is 2.60 bits per heavy atom. The average molecular weight is 587 g/mol. The van der Waals surface area contributed by atoms with E-state index in [9.17, 15) is 9.59 Å². The summed E-state index contributed by atoms with van der Waals surface area (Å²) in [6, 6.07) is 10.5. The van der Waals surface area contributed by atoms with Crippen molar-refractivity contribution in [2.45, 2.75) is 46.6 Å². The van der Waals surface area contributed by atoms with Crippen molar-refractivity contribution < 1.29 is 19.0 Å². The molecule has 0 radical (unpaired) electrons. The molecule has 9 nitrogen and oxygen atoms in total. The van der Waals surface area contributed by atoms with Crippen LogP contribution in [0, 0.1) is 13.8 Å². The van der Waals surface area contributed by atoms with Gasteiger partial charge in [0, 0.05) is 23.1 Å². The van der Waals surface area contributed by atoms with Gasteiger partial charge in [-0.3, -0.25) is 14.3 Å². The maximum Gasteiger partial charge on any atom is 0.338 e. The number of ether oxygens (including phenoxy) is 3. The zero-order valence-electron chi connectivity index (χ0n) is 24.6. The van der Waals surface area contributed by atoms with Gasteiger partial charge in [0.1, 0.15) is 17.5 Å². The molecule has 0 aliphatic carbocycles. The molecule has 218 valence electrons. The first-order valence-corrected chi connectivity index (χ1v) is 14.7. The number of aryl methyl sites for hydroxylation is 1. The van der Waals surface area contributed by atoms with E-state index in [0.717, 1.165) is 29.1 Å². The number of hydrogen-bond acceptors (Lipinski definition) is 8. The summed E-state index contributed by atoms with van der Waals surface area (Å²) in [4.78, 5) is 37.4. The number of aromatic nitrogens is 3. The SMILES string of the molecule is CCCC1=C(C(=O)OCC)[C@@H](c2cc(OC)ccc2OC)n2c(s/c(=C/c3cc(C)n(-c4cccnc4)c3C)c2=O)=N1. The molecule has 0 bridgehead atoms. The fourth-order valence-corrected chi connectivity index (χ4v) is 6.44. The third-order valence-corrected chi connectivity index (χ3v) is 8.27. The molecule has 3 aromatic heterocycles. The lowest BCUT2D eigenvalue weighted by Gasteiger charge is -2.27. The zero-order valence-corrected chi connectivity index (χ0v) is 25.4. The van der Waals surface area contributed by atoms with Gasteiger partial charge in [-0.2, -0.15) is 0 Å². The van der Waals surface area contributed by atoms with Crippen LogP contribution < -0.4 is 24.4 Å². The highest BCUT2D eigenvalue weighted by molar-refractivity contribution is 7.07. The minimum atomic E-state index is -0.808. The molecule has 1 aliphatic rings. The van der Waals surface area contributed by atoms with E-state index in [1.165, 1.54) is 11.3 Å². The van der Waals surface area contributed by atoms with Crippen molar-refractivity contribution in [2.24, 2.45) is 4.99 Å². The van der Waals surface area contributed by atoms with Crippen LogP contribution in [0.15, 0.2) is 69.8 Å². The number of hydrogen-bond donors (Lipinski definition) is 0. The molecule has 4 aromatic rings. The van der Waals surface area contributed by atoms with Gasteiger partial charge in [0.25, 0.3) is 5.56 Å². The topological polar surface area (TPSA) is 96.9 Å². The van der Waals surface area contributed by atoms with Gasteiger partial charge >= 0.3 is 5.97 Å². The summed E-state index contributed by atoms with van der Waals surface area (Å²) in [6.07, 6.45) is 6.76. The molecule has 0 saturated heterocycles. The number of fused-ring (bicyclic) bond motifs is 1. The fraction of sp³-hybridized carbons (Fsp3) is 0.312. The van der Waals surface area contributed by atoms with Gasteiger partial charge in [-0.05, 0) is 75.2 Å². The molecule has 5 rings (SSSR count). The van der Waals surface area contributed by atoms with Crippen LogP contribution in [-0.2, 0) is 9.53 Å². The molecular weight excluding hydrogens is 552 g/mol.